The van der Waals surface area contributed by atoms with Gasteiger partial charge in [-0.05, 0) is 79.5 Å². The molecule has 0 fully saturated rings. The second-order valence-electron chi connectivity index (χ2n) is 9.81. The number of fused-ring (bicyclic) bond motifs is 7. The third kappa shape index (κ3) is 3.21. The van der Waals surface area contributed by atoms with Crippen molar-refractivity contribution < 1.29 is 0 Å². The summed E-state index contributed by atoms with van der Waals surface area (Å²) in [5.74, 6) is 0. The first-order valence-corrected chi connectivity index (χ1v) is 12.9. The molecule has 6 aromatic carbocycles. The van der Waals surface area contributed by atoms with E-state index in [9.17, 15) is 0 Å². The van der Waals surface area contributed by atoms with Gasteiger partial charge in [0.1, 0.15) is 0 Å². The molecule has 0 saturated heterocycles. The zero-order valence-corrected chi connectivity index (χ0v) is 20.6. The summed E-state index contributed by atoms with van der Waals surface area (Å²) in [5, 5.41) is 9.90. The molecule has 2 nitrogen and oxygen atoms in total. The van der Waals surface area contributed by atoms with Gasteiger partial charge in [0.15, 0.2) is 0 Å². The van der Waals surface area contributed by atoms with Crippen molar-refractivity contribution in [3.05, 3.63) is 133 Å². The van der Waals surface area contributed by atoms with Crippen LogP contribution in [-0.2, 0) is 0 Å². The lowest BCUT2D eigenvalue weighted by atomic mass is 9.95. The smallest absolute Gasteiger partial charge is 0.0894 e. The van der Waals surface area contributed by atoms with Gasteiger partial charge in [-0.3, -0.25) is 0 Å². The van der Waals surface area contributed by atoms with Crippen molar-refractivity contribution in [3.63, 3.8) is 0 Å². The number of pyridine rings is 2. The van der Waals surface area contributed by atoms with E-state index in [4.69, 9.17) is 9.97 Å². The van der Waals surface area contributed by atoms with E-state index in [1.807, 2.05) is 0 Å². The van der Waals surface area contributed by atoms with Crippen LogP contribution in [0.1, 0.15) is 0 Å². The lowest BCUT2D eigenvalue weighted by Crippen LogP contribution is -1.92. The highest BCUT2D eigenvalue weighted by Crippen LogP contribution is 2.36. The fourth-order valence-electron chi connectivity index (χ4n) is 5.84. The van der Waals surface area contributed by atoms with E-state index >= 15 is 0 Å². The van der Waals surface area contributed by atoms with Gasteiger partial charge in [0.05, 0.1) is 22.4 Å². The fraction of sp³-hybridized carbons (Fsp3) is 0. The third-order valence-electron chi connectivity index (χ3n) is 7.63. The van der Waals surface area contributed by atoms with Crippen molar-refractivity contribution in [1.82, 2.24) is 9.97 Å². The van der Waals surface area contributed by atoms with Crippen LogP contribution in [0.5, 0.6) is 0 Å². The molecule has 2 heteroatoms. The Balaban J connectivity index is 1.31. The number of hydrogen-bond donors (Lipinski definition) is 0. The van der Waals surface area contributed by atoms with Crippen molar-refractivity contribution >= 4 is 54.1 Å². The molecule has 0 atom stereocenters. The number of rotatable bonds is 2. The number of benzene rings is 6. The van der Waals surface area contributed by atoms with Crippen LogP contribution in [0.4, 0.5) is 0 Å². The van der Waals surface area contributed by atoms with E-state index in [1.165, 1.54) is 43.1 Å². The van der Waals surface area contributed by atoms with Crippen LogP contribution in [-0.4, -0.2) is 9.97 Å². The Labute approximate surface area is 219 Å². The first kappa shape index (κ1) is 21.0. The van der Waals surface area contributed by atoms with Gasteiger partial charge in [0, 0.05) is 11.1 Å². The summed E-state index contributed by atoms with van der Waals surface area (Å²) >= 11 is 0. The Morgan fingerprint density at radius 2 is 0.684 bits per heavy atom. The van der Waals surface area contributed by atoms with Crippen LogP contribution in [0.2, 0.25) is 0 Å². The predicted molar refractivity (Wildman–Crippen MR) is 160 cm³/mol. The van der Waals surface area contributed by atoms with Crippen molar-refractivity contribution in [3.8, 4) is 22.5 Å². The molecule has 0 aliphatic rings. The first-order chi connectivity index (χ1) is 18.8. The minimum Gasteiger partial charge on any atom is -0.246 e. The molecule has 0 N–H and O–H groups in total. The van der Waals surface area contributed by atoms with E-state index in [-0.39, 0.29) is 0 Å². The quantitative estimate of drug-likeness (QED) is 0.229. The van der Waals surface area contributed by atoms with Crippen LogP contribution in [0.3, 0.4) is 0 Å². The van der Waals surface area contributed by atoms with E-state index in [2.05, 4.69) is 133 Å². The maximum absolute atomic E-state index is 5.09. The Kier molecular flexibility index (Phi) is 4.55. The maximum atomic E-state index is 5.09. The molecule has 0 aliphatic carbocycles. The molecule has 2 heterocycles. The van der Waals surface area contributed by atoms with E-state index in [0.717, 1.165) is 33.5 Å². The third-order valence-corrected chi connectivity index (χ3v) is 7.63. The standard InChI is InChI=1S/C36H22N2/c1-3-11-25-23(9-1)21-31(29-15-7-5-13-27(25)29)33-17-19-36-35(37-33)20-18-34(38-36)32-22-24-10-2-4-12-26(24)28-14-6-8-16-30(28)32/h1-22H. The Hall–Kier alpha value is -5.08. The molecular formula is C36H22N2. The molecule has 176 valence electrons. The van der Waals surface area contributed by atoms with Crippen molar-refractivity contribution in [2.45, 2.75) is 0 Å². The minimum atomic E-state index is 0.897. The molecule has 0 radical (unpaired) electrons. The molecular weight excluding hydrogens is 460 g/mol. The molecule has 0 spiro atoms. The molecule has 38 heavy (non-hydrogen) atoms. The van der Waals surface area contributed by atoms with E-state index in [1.54, 1.807) is 0 Å². The molecule has 8 aromatic rings. The van der Waals surface area contributed by atoms with Gasteiger partial charge in [0.2, 0.25) is 0 Å². The van der Waals surface area contributed by atoms with Gasteiger partial charge < -0.3 is 0 Å². The number of aromatic nitrogens is 2. The topological polar surface area (TPSA) is 25.8 Å². The van der Waals surface area contributed by atoms with Gasteiger partial charge in [-0.25, -0.2) is 9.97 Å². The number of nitrogens with zero attached hydrogens (tertiary/aromatic N) is 2. The van der Waals surface area contributed by atoms with Crippen LogP contribution in [0.25, 0.3) is 76.6 Å². The zero-order valence-electron chi connectivity index (χ0n) is 20.6. The van der Waals surface area contributed by atoms with Crippen LogP contribution in [0, 0.1) is 0 Å². The zero-order chi connectivity index (χ0) is 25.1. The van der Waals surface area contributed by atoms with Crippen LogP contribution in [0.15, 0.2) is 133 Å². The van der Waals surface area contributed by atoms with Gasteiger partial charge >= 0.3 is 0 Å². The predicted octanol–water partition coefficient (Wildman–Crippen LogP) is 9.58. The second-order valence-corrected chi connectivity index (χ2v) is 9.81. The van der Waals surface area contributed by atoms with Gasteiger partial charge in [0.25, 0.3) is 0 Å². The van der Waals surface area contributed by atoms with Gasteiger partial charge in [-0.1, -0.05) is 97.1 Å². The Bertz CT molecular complexity index is 2040. The molecule has 0 aliphatic heterocycles. The van der Waals surface area contributed by atoms with Crippen molar-refractivity contribution in [2.24, 2.45) is 0 Å². The van der Waals surface area contributed by atoms with Gasteiger partial charge in [-0.2, -0.15) is 0 Å². The molecule has 2 aromatic heterocycles. The van der Waals surface area contributed by atoms with Crippen molar-refractivity contribution in [2.75, 3.05) is 0 Å². The highest BCUT2D eigenvalue weighted by molar-refractivity contribution is 6.14. The molecule has 8 rings (SSSR count). The molecule has 0 amide bonds. The SMILES string of the molecule is c1ccc2c(c1)cc(-c1ccc3nc(-c4cc5ccccc5c5ccccc45)ccc3n1)c1ccccc12. The summed E-state index contributed by atoms with van der Waals surface area (Å²) in [6, 6.07) is 47.3. The van der Waals surface area contributed by atoms with Crippen LogP contribution >= 0.6 is 0 Å². The maximum Gasteiger partial charge on any atom is 0.0894 e. The summed E-state index contributed by atoms with van der Waals surface area (Å²) in [4.78, 5) is 10.2. The second kappa shape index (κ2) is 8.22. The summed E-state index contributed by atoms with van der Waals surface area (Å²) in [7, 11) is 0. The summed E-state index contributed by atoms with van der Waals surface area (Å²) in [5.41, 5.74) is 6.01. The fourth-order valence-corrected chi connectivity index (χ4v) is 5.84. The normalized spacial score (nSPS) is 11.7. The van der Waals surface area contributed by atoms with E-state index < -0.39 is 0 Å². The lowest BCUT2D eigenvalue weighted by Gasteiger charge is -2.12. The Morgan fingerprint density at radius 3 is 1.13 bits per heavy atom. The van der Waals surface area contributed by atoms with Crippen LogP contribution < -0.4 is 0 Å². The van der Waals surface area contributed by atoms with Crippen molar-refractivity contribution in [1.29, 1.82) is 0 Å². The summed E-state index contributed by atoms with van der Waals surface area (Å²) in [6.45, 7) is 0. The molecule has 0 unspecified atom stereocenters. The molecule has 0 bridgehead atoms. The monoisotopic (exact) mass is 482 g/mol. The average Bonchev–Trinajstić information content (AvgIpc) is 3.00. The minimum absolute atomic E-state index is 0.897. The lowest BCUT2D eigenvalue weighted by molar-refractivity contribution is 1.34. The first-order valence-electron chi connectivity index (χ1n) is 12.9. The number of hydrogen-bond acceptors (Lipinski definition) is 2. The Morgan fingerprint density at radius 1 is 0.316 bits per heavy atom. The highest BCUT2D eigenvalue weighted by Gasteiger charge is 2.13. The largest absolute Gasteiger partial charge is 0.246 e. The van der Waals surface area contributed by atoms with Gasteiger partial charge in [-0.15, -0.1) is 0 Å². The average molecular weight is 483 g/mol. The summed E-state index contributed by atoms with van der Waals surface area (Å²) < 4.78 is 0. The van der Waals surface area contributed by atoms with E-state index in [0.29, 0.717) is 0 Å². The highest BCUT2D eigenvalue weighted by atomic mass is 14.8. The molecule has 0 saturated carbocycles. The summed E-state index contributed by atoms with van der Waals surface area (Å²) in [6.07, 6.45) is 0.